The van der Waals surface area contributed by atoms with Crippen molar-refractivity contribution in [1.29, 1.82) is 0 Å². The van der Waals surface area contributed by atoms with Crippen molar-refractivity contribution in [3.63, 3.8) is 0 Å². The van der Waals surface area contributed by atoms with Crippen LogP contribution in [0.3, 0.4) is 0 Å². The Balaban J connectivity index is 2.04. The zero-order valence-corrected chi connectivity index (χ0v) is 8.62. The molecule has 0 aromatic heterocycles. The highest BCUT2D eigenvalue weighted by atomic mass is 19.1. The summed E-state index contributed by atoms with van der Waals surface area (Å²) < 4.78 is 25.7. The number of halogens is 2. The van der Waals surface area contributed by atoms with E-state index in [9.17, 15) is 18.7 Å². The van der Waals surface area contributed by atoms with Gasteiger partial charge in [0, 0.05) is 12.5 Å². The topological polar surface area (TPSA) is 37.3 Å². The number of benzene rings is 1. The second kappa shape index (κ2) is 4.29. The quantitative estimate of drug-likeness (QED) is 0.850. The maximum absolute atomic E-state index is 12.8. The Morgan fingerprint density at radius 3 is 2.38 bits per heavy atom. The summed E-state index contributed by atoms with van der Waals surface area (Å²) in [5.41, 5.74) is 0.266. The molecule has 1 atom stereocenters. The number of rotatable bonds is 4. The van der Waals surface area contributed by atoms with E-state index in [0.717, 1.165) is 31.0 Å². The van der Waals surface area contributed by atoms with Crippen LogP contribution in [0.1, 0.15) is 18.4 Å². The molecule has 1 aromatic carbocycles. The molecule has 2 nitrogen and oxygen atoms in total. The van der Waals surface area contributed by atoms with Crippen LogP contribution >= 0.6 is 0 Å². The minimum atomic E-state index is -0.980. The Labute approximate surface area is 91.9 Å². The number of Topliss-reactive ketones (excluding diaryl/α,β-unsaturated/α-hetero) is 1. The lowest BCUT2D eigenvalue weighted by Crippen LogP contribution is -2.24. The van der Waals surface area contributed by atoms with E-state index in [1.165, 1.54) is 0 Å². The van der Waals surface area contributed by atoms with E-state index in [1.807, 2.05) is 0 Å². The Morgan fingerprint density at radius 2 is 1.88 bits per heavy atom. The summed E-state index contributed by atoms with van der Waals surface area (Å²) in [5, 5.41) is 9.52. The van der Waals surface area contributed by atoms with Crippen LogP contribution in [0.15, 0.2) is 18.2 Å². The highest BCUT2D eigenvalue weighted by molar-refractivity contribution is 5.85. The van der Waals surface area contributed by atoms with Gasteiger partial charge in [0.1, 0.15) is 17.7 Å². The van der Waals surface area contributed by atoms with E-state index in [2.05, 4.69) is 0 Å². The van der Waals surface area contributed by atoms with Gasteiger partial charge in [-0.2, -0.15) is 0 Å². The van der Waals surface area contributed by atoms with E-state index >= 15 is 0 Å². The first-order chi connectivity index (χ1) is 7.56. The monoisotopic (exact) mass is 226 g/mol. The number of hydrogen-bond donors (Lipinski definition) is 1. The van der Waals surface area contributed by atoms with Gasteiger partial charge in [-0.15, -0.1) is 0 Å². The third kappa shape index (κ3) is 2.64. The van der Waals surface area contributed by atoms with Gasteiger partial charge < -0.3 is 5.11 Å². The van der Waals surface area contributed by atoms with E-state index in [0.29, 0.717) is 0 Å². The van der Waals surface area contributed by atoms with Crippen LogP contribution in [0.4, 0.5) is 8.78 Å². The van der Waals surface area contributed by atoms with Crippen molar-refractivity contribution in [2.45, 2.75) is 25.4 Å². The van der Waals surface area contributed by atoms with E-state index in [4.69, 9.17) is 0 Å². The van der Waals surface area contributed by atoms with Crippen molar-refractivity contribution in [3.05, 3.63) is 35.4 Å². The summed E-state index contributed by atoms with van der Waals surface area (Å²) in [7, 11) is 0. The second-order valence-corrected chi connectivity index (χ2v) is 4.20. The fourth-order valence-electron chi connectivity index (χ4n) is 1.69. The molecule has 0 saturated heterocycles. The third-order valence-corrected chi connectivity index (χ3v) is 2.70. The molecular weight excluding hydrogens is 214 g/mol. The number of aliphatic hydroxyl groups is 1. The number of carbonyl (C=O) groups is 1. The second-order valence-electron chi connectivity index (χ2n) is 4.20. The Kier molecular flexibility index (Phi) is 3.01. The predicted octanol–water partition coefficient (Wildman–Crippen LogP) is 1.85. The van der Waals surface area contributed by atoms with E-state index in [1.54, 1.807) is 0 Å². The fourth-order valence-corrected chi connectivity index (χ4v) is 1.69. The van der Waals surface area contributed by atoms with Crippen molar-refractivity contribution in [2.24, 2.45) is 5.92 Å². The van der Waals surface area contributed by atoms with Crippen molar-refractivity contribution >= 4 is 5.78 Å². The number of ketones is 1. The summed E-state index contributed by atoms with van der Waals surface area (Å²) in [6.45, 7) is 0. The van der Waals surface area contributed by atoms with Crippen molar-refractivity contribution < 1.29 is 18.7 Å². The molecule has 16 heavy (non-hydrogen) atoms. The lowest BCUT2D eigenvalue weighted by Gasteiger charge is -2.07. The highest BCUT2D eigenvalue weighted by Gasteiger charge is 2.34. The molecule has 0 bridgehead atoms. The van der Waals surface area contributed by atoms with E-state index in [-0.39, 0.29) is 23.7 Å². The summed E-state index contributed by atoms with van der Waals surface area (Å²) in [5.74, 6) is -1.73. The first kappa shape index (κ1) is 11.2. The normalized spacial score (nSPS) is 17.2. The molecule has 1 saturated carbocycles. The molecule has 1 unspecified atom stereocenters. The number of hydrogen-bond acceptors (Lipinski definition) is 2. The van der Waals surface area contributed by atoms with Gasteiger partial charge in [-0.1, -0.05) is 0 Å². The Bertz CT molecular complexity index is 393. The minimum Gasteiger partial charge on any atom is -0.385 e. The molecule has 0 amide bonds. The predicted molar refractivity (Wildman–Crippen MR) is 53.8 cm³/mol. The van der Waals surface area contributed by atoms with Crippen LogP contribution < -0.4 is 0 Å². The maximum Gasteiger partial charge on any atom is 0.165 e. The molecule has 0 spiro atoms. The van der Waals surface area contributed by atoms with Gasteiger partial charge >= 0.3 is 0 Å². The van der Waals surface area contributed by atoms with Gasteiger partial charge in [0.2, 0.25) is 0 Å². The molecule has 0 heterocycles. The lowest BCUT2D eigenvalue weighted by molar-refractivity contribution is -0.127. The van der Waals surface area contributed by atoms with Crippen LogP contribution in [0.2, 0.25) is 0 Å². The minimum absolute atomic E-state index is 0.0471. The Hall–Kier alpha value is -1.29. The summed E-state index contributed by atoms with van der Waals surface area (Å²) >= 11 is 0. The zero-order chi connectivity index (χ0) is 11.7. The standard InChI is InChI=1S/C12H12F2O2/c13-9-3-7(4-10(14)6-9)5-11(15)12(16)8-1-2-8/h3-4,6,8,12,16H,1-2,5H2. The molecular formula is C12H12F2O2. The van der Waals surface area contributed by atoms with Gasteiger partial charge in [0.05, 0.1) is 0 Å². The van der Waals surface area contributed by atoms with Crippen LogP contribution in [0.5, 0.6) is 0 Å². The van der Waals surface area contributed by atoms with Gasteiger partial charge in [-0.05, 0) is 36.5 Å². The van der Waals surface area contributed by atoms with Crippen molar-refractivity contribution in [2.75, 3.05) is 0 Å². The molecule has 2 rings (SSSR count). The van der Waals surface area contributed by atoms with Crippen LogP contribution in [0.25, 0.3) is 0 Å². The van der Waals surface area contributed by atoms with E-state index < -0.39 is 17.7 Å². The van der Waals surface area contributed by atoms with Gasteiger partial charge in [0.25, 0.3) is 0 Å². The van der Waals surface area contributed by atoms with Crippen LogP contribution in [0, 0.1) is 17.6 Å². The largest absolute Gasteiger partial charge is 0.385 e. The molecule has 1 aliphatic carbocycles. The molecule has 1 fully saturated rings. The molecule has 1 N–H and O–H groups in total. The summed E-state index contributed by atoms with van der Waals surface area (Å²) in [4.78, 5) is 11.5. The molecule has 0 aliphatic heterocycles. The van der Waals surface area contributed by atoms with Crippen LogP contribution in [-0.2, 0) is 11.2 Å². The number of carbonyl (C=O) groups excluding carboxylic acids is 1. The molecule has 86 valence electrons. The maximum atomic E-state index is 12.8. The molecule has 4 heteroatoms. The van der Waals surface area contributed by atoms with Crippen LogP contribution in [-0.4, -0.2) is 17.0 Å². The molecule has 0 radical (unpaired) electrons. The summed E-state index contributed by atoms with van der Waals surface area (Å²) in [6, 6.07) is 2.98. The van der Waals surface area contributed by atoms with Crippen molar-refractivity contribution in [1.82, 2.24) is 0 Å². The average Bonchev–Trinajstić information content (AvgIpc) is 2.97. The fraction of sp³-hybridized carbons (Fsp3) is 0.417. The SMILES string of the molecule is O=C(Cc1cc(F)cc(F)c1)C(O)C1CC1. The number of aliphatic hydroxyl groups excluding tert-OH is 1. The molecule has 1 aliphatic rings. The third-order valence-electron chi connectivity index (χ3n) is 2.70. The lowest BCUT2D eigenvalue weighted by atomic mass is 10.0. The zero-order valence-electron chi connectivity index (χ0n) is 8.62. The highest BCUT2D eigenvalue weighted by Crippen LogP contribution is 2.33. The summed E-state index contributed by atoms with van der Waals surface area (Å²) in [6.07, 6.45) is 0.604. The van der Waals surface area contributed by atoms with Gasteiger partial charge in [-0.3, -0.25) is 4.79 Å². The van der Waals surface area contributed by atoms with Gasteiger partial charge in [-0.25, -0.2) is 8.78 Å². The molecule has 1 aromatic rings. The average molecular weight is 226 g/mol. The Morgan fingerprint density at radius 1 is 1.31 bits per heavy atom. The first-order valence-corrected chi connectivity index (χ1v) is 5.22. The van der Waals surface area contributed by atoms with Gasteiger partial charge in [0.15, 0.2) is 5.78 Å². The van der Waals surface area contributed by atoms with Crippen molar-refractivity contribution in [3.8, 4) is 0 Å². The smallest absolute Gasteiger partial charge is 0.165 e. The first-order valence-electron chi connectivity index (χ1n) is 5.22.